The predicted octanol–water partition coefficient (Wildman–Crippen LogP) is 4.16. The van der Waals surface area contributed by atoms with E-state index in [4.69, 9.17) is 0 Å². The second-order valence-corrected chi connectivity index (χ2v) is 5.71. The van der Waals surface area contributed by atoms with Crippen molar-refractivity contribution in [3.05, 3.63) is 83.8 Å². The van der Waals surface area contributed by atoms with E-state index < -0.39 is 11.6 Å². The molecular formula is C19H10F2N4. The van der Waals surface area contributed by atoms with Gasteiger partial charge in [0.1, 0.15) is 17.5 Å². The van der Waals surface area contributed by atoms with E-state index in [2.05, 4.69) is 15.1 Å². The monoisotopic (exact) mass is 332 g/mol. The molecule has 0 aliphatic carbocycles. The van der Waals surface area contributed by atoms with Crippen molar-refractivity contribution < 1.29 is 8.78 Å². The largest absolute Gasteiger partial charge is 0.247 e. The van der Waals surface area contributed by atoms with Crippen LogP contribution in [0, 0.1) is 11.6 Å². The van der Waals surface area contributed by atoms with Crippen LogP contribution in [-0.2, 0) is 0 Å². The Bertz CT molecular complexity index is 1180. The molecule has 4 nitrogen and oxygen atoms in total. The Morgan fingerprint density at radius 1 is 0.840 bits per heavy atom. The summed E-state index contributed by atoms with van der Waals surface area (Å²) in [5.41, 5.74) is 4.03. The normalized spacial score (nSPS) is 12.6. The molecule has 1 aliphatic heterocycles. The third-order valence-corrected chi connectivity index (χ3v) is 4.31. The van der Waals surface area contributed by atoms with Crippen LogP contribution in [-0.4, -0.2) is 20.3 Å². The SMILES string of the molecule is Fc1cccc(C2=Nc3ccccc3-c3ncnn4ccc2c34)c1F. The second kappa shape index (κ2) is 5.04. The van der Waals surface area contributed by atoms with E-state index in [1.165, 1.54) is 18.5 Å². The summed E-state index contributed by atoms with van der Waals surface area (Å²) >= 11 is 0. The first-order valence-electron chi connectivity index (χ1n) is 7.69. The minimum absolute atomic E-state index is 0.111. The van der Waals surface area contributed by atoms with Crippen LogP contribution < -0.4 is 0 Å². The van der Waals surface area contributed by atoms with Crippen molar-refractivity contribution in [1.29, 1.82) is 0 Å². The Balaban J connectivity index is 1.94. The lowest BCUT2D eigenvalue weighted by Crippen LogP contribution is -2.07. The fourth-order valence-electron chi connectivity index (χ4n) is 3.19. The first-order valence-corrected chi connectivity index (χ1v) is 7.69. The van der Waals surface area contributed by atoms with Crippen LogP contribution in [0.15, 0.2) is 66.0 Å². The zero-order valence-electron chi connectivity index (χ0n) is 12.8. The Kier molecular flexibility index (Phi) is 2.82. The zero-order chi connectivity index (χ0) is 17.0. The van der Waals surface area contributed by atoms with Crippen molar-refractivity contribution in [3.63, 3.8) is 0 Å². The lowest BCUT2D eigenvalue weighted by molar-refractivity contribution is 0.507. The molecule has 0 spiro atoms. The Hall–Kier alpha value is -3.41. The third-order valence-electron chi connectivity index (χ3n) is 4.31. The minimum Gasteiger partial charge on any atom is -0.247 e. The molecule has 0 unspecified atom stereocenters. The molecule has 6 heteroatoms. The van der Waals surface area contributed by atoms with Crippen molar-refractivity contribution in [2.45, 2.75) is 0 Å². The fraction of sp³-hybridized carbons (Fsp3) is 0. The average Bonchev–Trinajstić information content (AvgIpc) is 3.00. The number of halogens is 2. The Morgan fingerprint density at radius 3 is 2.60 bits per heavy atom. The van der Waals surface area contributed by atoms with Gasteiger partial charge in [0, 0.05) is 22.9 Å². The van der Waals surface area contributed by atoms with Crippen LogP contribution in [0.4, 0.5) is 14.5 Å². The Labute approximate surface area is 141 Å². The van der Waals surface area contributed by atoms with Gasteiger partial charge < -0.3 is 0 Å². The van der Waals surface area contributed by atoms with E-state index in [0.29, 0.717) is 22.7 Å². The molecular weight excluding hydrogens is 322 g/mol. The molecule has 1 aliphatic rings. The van der Waals surface area contributed by atoms with Gasteiger partial charge in [0.25, 0.3) is 0 Å². The predicted molar refractivity (Wildman–Crippen MR) is 90.1 cm³/mol. The number of aromatic nitrogens is 3. The molecule has 120 valence electrons. The molecule has 0 bridgehead atoms. The number of para-hydroxylation sites is 1. The number of hydrogen-bond donors (Lipinski definition) is 0. The van der Waals surface area contributed by atoms with Crippen LogP contribution in [0.5, 0.6) is 0 Å². The summed E-state index contributed by atoms with van der Waals surface area (Å²) in [5.74, 6) is -1.82. The van der Waals surface area contributed by atoms with Gasteiger partial charge in [-0.05, 0) is 24.3 Å². The summed E-state index contributed by atoms with van der Waals surface area (Å²) < 4.78 is 29.9. The van der Waals surface area contributed by atoms with Crippen LogP contribution in [0.1, 0.15) is 11.1 Å². The van der Waals surface area contributed by atoms with Crippen molar-refractivity contribution >= 4 is 16.9 Å². The highest BCUT2D eigenvalue weighted by Crippen LogP contribution is 2.37. The topological polar surface area (TPSA) is 42.5 Å². The highest BCUT2D eigenvalue weighted by Gasteiger charge is 2.24. The summed E-state index contributed by atoms with van der Waals surface area (Å²) in [6.45, 7) is 0. The van der Waals surface area contributed by atoms with Gasteiger partial charge in [0.05, 0.1) is 11.4 Å². The molecule has 2 aromatic heterocycles. The molecule has 0 N–H and O–H groups in total. The molecule has 0 radical (unpaired) electrons. The molecule has 0 atom stereocenters. The molecule has 0 saturated carbocycles. The maximum Gasteiger partial charge on any atom is 0.168 e. The van der Waals surface area contributed by atoms with Crippen LogP contribution in [0.25, 0.3) is 16.8 Å². The Morgan fingerprint density at radius 2 is 1.68 bits per heavy atom. The third kappa shape index (κ3) is 1.94. The quantitative estimate of drug-likeness (QED) is 0.463. The van der Waals surface area contributed by atoms with Crippen molar-refractivity contribution in [2.24, 2.45) is 4.99 Å². The maximum absolute atomic E-state index is 14.5. The molecule has 3 heterocycles. The van der Waals surface area contributed by atoms with Crippen LogP contribution >= 0.6 is 0 Å². The number of fused-ring (bicyclic) bond motifs is 2. The van der Waals surface area contributed by atoms with Crippen molar-refractivity contribution in [1.82, 2.24) is 14.6 Å². The number of benzene rings is 2. The van der Waals surface area contributed by atoms with Crippen molar-refractivity contribution in [2.75, 3.05) is 0 Å². The first kappa shape index (κ1) is 14.0. The van der Waals surface area contributed by atoms with Gasteiger partial charge in [-0.15, -0.1) is 0 Å². The number of rotatable bonds is 1. The van der Waals surface area contributed by atoms with E-state index >= 15 is 0 Å². The average molecular weight is 332 g/mol. The smallest absolute Gasteiger partial charge is 0.168 e. The van der Waals surface area contributed by atoms with Gasteiger partial charge in [0.15, 0.2) is 11.6 Å². The lowest BCUT2D eigenvalue weighted by Gasteiger charge is -2.07. The van der Waals surface area contributed by atoms with Gasteiger partial charge in [-0.1, -0.05) is 24.3 Å². The lowest BCUT2D eigenvalue weighted by atomic mass is 10.0. The van der Waals surface area contributed by atoms with Crippen LogP contribution in [0.2, 0.25) is 0 Å². The van der Waals surface area contributed by atoms with Gasteiger partial charge in [0.2, 0.25) is 0 Å². The summed E-state index contributed by atoms with van der Waals surface area (Å²) in [6, 6.07) is 13.4. The molecule has 0 saturated heterocycles. The number of aliphatic imine (C=N–C) groups is 1. The van der Waals surface area contributed by atoms with E-state index in [0.717, 1.165) is 17.1 Å². The molecule has 2 aromatic carbocycles. The highest BCUT2D eigenvalue weighted by atomic mass is 19.2. The van der Waals surface area contributed by atoms with E-state index in [9.17, 15) is 8.78 Å². The molecule has 5 rings (SSSR count). The van der Waals surface area contributed by atoms with E-state index in [1.54, 1.807) is 16.8 Å². The zero-order valence-corrected chi connectivity index (χ0v) is 12.8. The summed E-state index contributed by atoms with van der Waals surface area (Å²) in [5, 5.41) is 4.21. The van der Waals surface area contributed by atoms with Gasteiger partial charge in [-0.3, -0.25) is 0 Å². The summed E-state index contributed by atoms with van der Waals surface area (Å²) in [6.07, 6.45) is 3.23. The fourth-order valence-corrected chi connectivity index (χ4v) is 3.19. The molecule has 0 fully saturated rings. The highest BCUT2D eigenvalue weighted by molar-refractivity contribution is 6.20. The summed E-state index contributed by atoms with van der Waals surface area (Å²) in [4.78, 5) is 9.06. The minimum atomic E-state index is -0.918. The molecule has 0 amide bonds. The molecule has 25 heavy (non-hydrogen) atoms. The summed E-state index contributed by atoms with van der Waals surface area (Å²) in [7, 11) is 0. The maximum atomic E-state index is 14.5. The van der Waals surface area contributed by atoms with Gasteiger partial charge in [-0.25, -0.2) is 23.3 Å². The van der Waals surface area contributed by atoms with Crippen molar-refractivity contribution in [3.8, 4) is 11.3 Å². The second-order valence-electron chi connectivity index (χ2n) is 5.71. The number of nitrogens with zero attached hydrogens (tertiary/aromatic N) is 4. The standard InChI is InChI=1S/C19H10F2N4/c20-14-6-3-5-12(16(14)21)17-13-8-9-25-19(13)18(22-10-23-25)11-4-1-2-7-15(11)24-17/h1-10H. The molecule has 4 aromatic rings. The van der Waals surface area contributed by atoms with Gasteiger partial charge in [-0.2, -0.15) is 5.10 Å². The van der Waals surface area contributed by atoms with E-state index in [-0.39, 0.29) is 5.56 Å². The van der Waals surface area contributed by atoms with E-state index in [1.807, 2.05) is 24.3 Å². The number of hydrogen-bond acceptors (Lipinski definition) is 3. The van der Waals surface area contributed by atoms with Crippen LogP contribution in [0.3, 0.4) is 0 Å². The first-order chi connectivity index (χ1) is 12.2. The van der Waals surface area contributed by atoms with Gasteiger partial charge >= 0.3 is 0 Å².